The van der Waals surface area contributed by atoms with Gasteiger partial charge in [0.05, 0.1) is 6.67 Å². The zero-order chi connectivity index (χ0) is 13.0. The Morgan fingerprint density at radius 1 is 1.16 bits per heavy atom. The maximum atomic E-state index is 12.8. The largest absolute Gasteiger partial charge is 0.314 e. The second kappa shape index (κ2) is 8.28. The van der Waals surface area contributed by atoms with Gasteiger partial charge in [-0.15, -0.1) is 12.4 Å². The van der Waals surface area contributed by atoms with Gasteiger partial charge in [0, 0.05) is 42.3 Å². The number of halogens is 4. The number of rotatable bonds is 4. The summed E-state index contributed by atoms with van der Waals surface area (Å²) in [5.41, 5.74) is 1.01. The summed E-state index contributed by atoms with van der Waals surface area (Å²) in [4.78, 5) is 2.29. The monoisotopic (exact) mass is 326 g/mol. The summed E-state index contributed by atoms with van der Waals surface area (Å²) in [6.07, 6.45) is 0.483. The Bertz CT molecular complexity index is 377. The van der Waals surface area contributed by atoms with Crippen molar-refractivity contribution in [2.75, 3.05) is 32.9 Å². The van der Waals surface area contributed by atoms with Crippen LogP contribution in [0.3, 0.4) is 0 Å². The van der Waals surface area contributed by atoms with Crippen LogP contribution in [0, 0.1) is 0 Å². The predicted molar refractivity (Wildman–Crippen MR) is 81.5 cm³/mol. The van der Waals surface area contributed by atoms with Crippen LogP contribution < -0.4 is 5.32 Å². The van der Waals surface area contributed by atoms with Crippen molar-refractivity contribution in [2.45, 2.75) is 12.5 Å². The van der Waals surface area contributed by atoms with Crippen molar-refractivity contribution in [1.82, 2.24) is 10.2 Å². The number of nitrogens with one attached hydrogen (secondary N) is 1. The Kier molecular flexibility index (Phi) is 7.40. The summed E-state index contributed by atoms with van der Waals surface area (Å²) in [6, 6.07) is 5.54. The average Bonchev–Trinajstić information content (AvgIpc) is 2.36. The summed E-state index contributed by atoms with van der Waals surface area (Å²) in [6.45, 7) is 3.40. The summed E-state index contributed by atoms with van der Waals surface area (Å²) in [5, 5.41) is 4.51. The Labute approximate surface area is 129 Å². The molecule has 108 valence electrons. The van der Waals surface area contributed by atoms with Crippen LogP contribution in [0.5, 0.6) is 0 Å². The standard InChI is InChI=1S/C13H17Cl2FN2.ClH/c14-11-7-10(8-12(15)9-11)13(1-2-16)18-5-3-17-4-6-18;/h7-9,13,17H,1-6H2;1H/t13-;/m1./s1. The molecule has 0 saturated carbocycles. The van der Waals surface area contributed by atoms with Crippen molar-refractivity contribution in [3.63, 3.8) is 0 Å². The minimum atomic E-state index is -0.335. The van der Waals surface area contributed by atoms with Crippen molar-refractivity contribution in [3.8, 4) is 0 Å². The third kappa shape index (κ3) is 4.76. The van der Waals surface area contributed by atoms with Crippen LogP contribution in [0.15, 0.2) is 18.2 Å². The van der Waals surface area contributed by atoms with Crippen molar-refractivity contribution in [3.05, 3.63) is 33.8 Å². The molecule has 1 fully saturated rings. The molecule has 1 aliphatic heterocycles. The fraction of sp³-hybridized carbons (Fsp3) is 0.538. The van der Waals surface area contributed by atoms with Crippen molar-refractivity contribution < 1.29 is 4.39 Å². The highest BCUT2D eigenvalue weighted by Gasteiger charge is 2.22. The van der Waals surface area contributed by atoms with Gasteiger partial charge in [-0.25, -0.2) is 0 Å². The van der Waals surface area contributed by atoms with E-state index in [-0.39, 0.29) is 25.1 Å². The normalized spacial score (nSPS) is 17.8. The highest BCUT2D eigenvalue weighted by atomic mass is 35.5. The molecule has 6 heteroatoms. The molecule has 2 nitrogen and oxygen atoms in total. The highest BCUT2D eigenvalue weighted by Crippen LogP contribution is 2.29. The number of piperazine rings is 1. The first kappa shape index (κ1) is 17.0. The zero-order valence-electron chi connectivity index (χ0n) is 10.5. The summed E-state index contributed by atoms with van der Waals surface area (Å²) >= 11 is 12.0. The van der Waals surface area contributed by atoms with Crippen LogP contribution in [-0.2, 0) is 0 Å². The van der Waals surface area contributed by atoms with E-state index in [2.05, 4.69) is 10.2 Å². The molecule has 1 aliphatic rings. The van der Waals surface area contributed by atoms with Gasteiger partial charge in [-0.05, 0) is 30.2 Å². The predicted octanol–water partition coefficient (Wildman–Crippen LogP) is 3.72. The van der Waals surface area contributed by atoms with Gasteiger partial charge in [0.1, 0.15) is 0 Å². The van der Waals surface area contributed by atoms with Gasteiger partial charge in [0.15, 0.2) is 0 Å². The molecule has 0 bridgehead atoms. The molecule has 1 atom stereocenters. The average molecular weight is 328 g/mol. The van der Waals surface area contributed by atoms with Gasteiger partial charge in [-0.3, -0.25) is 9.29 Å². The maximum absolute atomic E-state index is 12.8. The molecule has 0 amide bonds. The van der Waals surface area contributed by atoms with E-state index in [0.717, 1.165) is 31.7 Å². The quantitative estimate of drug-likeness (QED) is 0.906. The number of alkyl halides is 1. The van der Waals surface area contributed by atoms with E-state index in [1.165, 1.54) is 0 Å². The second-order valence-corrected chi connectivity index (χ2v) is 5.36. The van der Waals surface area contributed by atoms with Gasteiger partial charge in [-0.2, -0.15) is 0 Å². The number of nitrogens with zero attached hydrogens (tertiary/aromatic N) is 1. The SMILES string of the molecule is Cl.FCC[C@H](c1cc(Cl)cc(Cl)c1)N1CCNCC1. The third-order valence-electron chi connectivity index (χ3n) is 3.24. The molecular weight excluding hydrogens is 310 g/mol. The Morgan fingerprint density at radius 3 is 2.26 bits per heavy atom. The van der Waals surface area contributed by atoms with Crippen LogP contribution in [-0.4, -0.2) is 37.8 Å². The van der Waals surface area contributed by atoms with E-state index in [1.807, 2.05) is 12.1 Å². The number of hydrogen-bond acceptors (Lipinski definition) is 2. The molecule has 1 heterocycles. The molecule has 0 aromatic heterocycles. The molecular formula is C13H18Cl3FN2. The first-order valence-corrected chi connectivity index (χ1v) is 6.93. The first-order valence-electron chi connectivity index (χ1n) is 6.17. The van der Waals surface area contributed by atoms with Crippen molar-refractivity contribution >= 4 is 35.6 Å². The molecule has 0 spiro atoms. The lowest BCUT2D eigenvalue weighted by Crippen LogP contribution is -2.45. The molecule has 19 heavy (non-hydrogen) atoms. The smallest absolute Gasteiger partial charge is 0.0912 e. The third-order valence-corrected chi connectivity index (χ3v) is 3.68. The van der Waals surface area contributed by atoms with Crippen LogP contribution in [0.2, 0.25) is 10.0 Å². The van der Waals surface area contributed by atoms with E-state index in [9.17, 15) is 4.39 Å². The summed E-state index contributed by atoms with van der Waals surface area (Å²) in [7, 11) is 0. The van der Waals surface area contributed by atoms with Gasteiger partial charge in [0.25, 0.3) is 0 Å². The fourth-order valence-electron chi connectivity index (χ4n) is 2.42. The lowest BCUT2D eigenvalue weighted by atomic mass is 10.0. The minimum Gasteiger partial charge on any atom is -0.314 e. The van der Waals surface area contributed by atoms with E-state index in [0.29, 0.717) is 16.5 Å². The van der Waals surface area contributed by atoms with Gasteiger partial charge >= 0.3 is 0 Å². The van der Waals surface area contributed by atoms with Crippen molar-refractivity contribution in [2.24, 2.45) is 0 Å². The lowest BCUT2D eigenvalue weighted by molar-refractivity contribution is 0.157. The lowest BCUT2D eigenvalue weighted by Gasteiger charge is -2.35. The summed E-state index contributed by atoms with van der Waals surface area (Å²) in [5.74, 6) is 0. The topological polar surface area (TPSA) is 15.3 Å². The van der Waals surface area contributed by atoms with Gasteiger partial charge in [-0.1, -0.05) is 23.2 Å². The van der Waals surface area contributed by atoms with Crippen molar-refractivity contribution in [1.29, 1.82) is 0 Å². The Hall–Kier alpha value is -0.0600. The van der Waals surface area contributed by atoms with Crippen LogP contribution in [0.1, 0.15) is 18.0 Å². The zero-order valence-corrected chi connectivity index (χ0v) is 12.9. The molecule has 2 rings (SSSR count). The molecule has 1 N–H and O–H groups in total. The molecule has 1 saturated heterocycles. The summed E-state index contributed by atoms with van der Waals surface area (Å²) < 4.78 is 12.8. The van der Waals surface area contributed by atoms with Crippen LogP contribution in [0.4, 0.5) is 4.39 Å². The molecule has 1 aromatic rings. The fourth-order valence-corrected chi connectivity index (χ4v) is 2.97. The first-order chi connectivity index (χ1) is 8.70. The molecule has 0 radical (unpaired) electrons. The van der Waals surface area contributed by atoms with E-state index in [1.54, 1.807) is 6.07 Å². The number of benzene rings is 1. The van der Waals surface area contributed by atoms with E-state index >= 15 is 0 Å². The molecule has 1 aromatic carbocycles. The Morgan fingerprint density at radius 2 is 1.74 bits per heavy atom. The van der Waals surface area contributed by atoms with Crippen LogP contribution >= 0.6 is 35.6 Å². The van der Waals surface area contributed by atoms with Gasteiger partial charge < -0.3 is 5.32 Å². The van der Waals surface area contributed by atoms with E-state index < -0.39 is 0 Å². The minimum absolute atomic E-state index is 0. The molecule has 0 aliphatic carbocycles. The molecule has 0 unspecified atom stereocenters. The maximum Gasteiger partial charge on any atom is 0.0912 e. The van der Waals surface area contributed by atoms with E-state index in [4.69, 9.17) is 23.2 Å². The second-order valence-electron chi connectivity index (χ2n) is 4.48. The van der Waals surface area contributed by atoms with Gasteiger partial charge in [0.2, 0.25) is 0 Å². The highest BCUT2D eigenvalue weighted by molar-refractivity contribution is 6.34. The Balaban J connectivity index is 0.00000180. The number of hydrogen-bond donors (Lipinski definition) is 1. The van der Waals surface area contributed by atoms with Crippen LogP contribution in [0.25, 0.3) is 0 Å².